The van der Waals surface area contributed by atoms with Gasteiger partial charge in [-0.1, -0.05) is 76.5 Å². The molecule has 0 bridgehead atoms. The van der Waals surface area contributed by atoms with Crippen LogP contribution in [0.25, 0.3) is 0 Å². The Kier molecular flexibility index (Phi) is 53.6. The minimum Gasteiger partial charge on any atom is -0.433 e. The van der Waals surface area contributed by atoms with Crippen LogP contribution in [-0.4, -0.2) is 87.5 Å². The van der Waals surface area contributed by atoms with Crippen molar-refractivity contribution in [1.29, 1.82) is 0 Å². The lowest BCUT2D eigenvalue weighted by Gasteiger charge is -2.43. The Bertz CT molecular complexity index is 843. The molecule has 6 nitrogen and oxygen atoms in total. The van der Waals surface area contributed by atoms with Crippen molar-refractivity contribution < 1.29 is 70.2 Å². The molecule has 0 aromatic heterocycles. The molecule has 0 aliphatic carbocycles. The van der Waals surface area contributed by atoms with E-state index in [2.05, 4.69) is 24.5 Å². The Morgan fingerprint density at radius 1 is 0.615 bits per heavy atom. The van der Waals surface area contributed by atoms with E-state index in [-0.39, 0.29) is 66.0 Å². The molecular formula is C31H78F10O6Si5. The first-order valence-electron chi connectivity index (χ1n) is 13.0. The van der Waals surface area contributed by atoms with E-state index in [9.17, 15) is 35.1 Å². The molecule has 0 radical (unpaired) electrons. The van der Waals surface area contributed by atoms with Crippen molar-refractivity contribution in [3.05, 3.63) is 36.8 Å². The first-order chi connectivity index (χ1) is 19.7. The summed E-state index contributed by atoms with van der Waals surface area (Å²) in [6.07, 6.45) is -11.3. The van der Waals surface area contributed by atoms with Crippen molar-refractivity contribution in [3.8, 4) is 0 Å². The van der Waals surface area contributed by atoms with Crippen LogP contribution in [0.15, 0.2) is 36.8 Å². The average Bonchev–Trinajstić information content (AvgIpc) is 2.87. The Morgan fingerprint density at radius 3 is 1.31 bits per heavy atom. The maximum Gasteiger partial charge on any atom is 0.417 e. The van der Waals surface area contributed by atoms with E-state index < -0.39 is 80.9 Å². The highest BCUT2D eigenvalue weighted by molar-refractivity contribution is 6.93. The number of halogens is 10. The van der Waals surface area contributed by atoms with E-state index in [0.29, 0.717) is 12.5 Å². The number of hydrogen-bond donors (Lipinski definition) is 0. The van der Waals surface area contributed by atoms with E-state index >= 15 is 0 Å². The van der Waals surface area contributed by atoms with Gasteiger partial charge >= 0.3 is 38.0 Å². The van der Waals surface area contributed by atoms with E-state index in [1.54, 1.807) is 11.4 Å². The summed E-state index contributed by atoms with van der Waals surface area (Å²) in [5.41, 5.74) is 5.37. The SMILES string of the molecule is C.C.C.C.C.C.C.C.C=C[Si](C)(C)O[Si](C)(C=C)O[Si](C)(C)O[Si](C)(CCCOCC(OCF)C(F)(F)F)O[Si](C)(C)C=C.FCC(F)(F)F.FF. The molecule has 0 aliphatic rings. The lowest BCUT2D eigenvalue weighted by atomic mass is 10.3. The molecule has 0 rings (SSSR count). The first kappa shape index (κ1) is 80.0. The summed E-state index contributed by atoms with van der Waals surface area (Å²) in [5, 5.41) is 0. The molecule has 0 aliphatic heterocycles. The van der Waals surface area contributed by atoms with Gasteiger partial charge in [0.25, 0.3) is 0 Å². The van der Waals surface area contributed by atoms with Crippen molar-refractivity contribution in [3.63, 3.8) is 0 Å². The van der Waals surface area contributed by atoms with Gasteiger partial charge in [-0.05, 0) is 64.8 Å². The van der Waals surface area contributed by atoms with Crippen molar-refractivity contribution in [1.82, 2.24) is 0 Å². The molecule has 0 N–H and O–H groups in total. The summed E-state index contributed by atoms with van der Waals surface area (Å²) < 4.78 is 144. The van der Waals surface area contributed by atoms with Gasteiger partial charge in [0.05, 0.1) is 6.61 Å². The van der Waals surface area contributed by atoms with Crippen LogP contribution in [-0.2, 0) is 25.9 Å². The summed E-state index contributed by atoms with van der Waals surface area (Å²) in [7, 11) is -12.9. The molecule has 0 amide bonds. The maximum atomic E-state index is 12.9. The van der Waals surface area contributed by atoms with Crippen molar-refractivity contribution >= 4 is 42.3 Å². The molecule has 0 heterocycles. The Labute approximate surface area is 318 Å². The summed E-state index contributed by atoms with van der Waals surface area (Å²) in [5.74, 6) is 0. The summed E-state index contributed by atoms with van der Waals surface area (Å²) in [4.78, 5) is 0. The van der Waals surface area contributed by atoms with Gasteiger partial charge in [-0.15, -0.1) is 19.7 Å². The van der Waals surface area contributed by atoms with E-state index in [1.165, 1.54) is 0 Å². The van der Waals surface area contributed by atoms with Gasteiger partial charge in [-0.25, -0.2) is 8.78 Å². The smallest absolute Gasteiger partial charge is 0.417 e. The summed E-state index contributed by atoms with van der Waals surface area (Å²) >= 11 is 0. The van der Waals surface area contributed by atoms with Crippen LogP contribution in [0.2, 0.25) is 58.4 Å². The van der Waals surface area contributed by atoms with E-state index in [4.69, 9.17) is 30.3 Å². The van der Waals surface area contributed by atoms with Gasteiger partial charge in [0, 0.05) is 15.8 Å². The molecule has 0 fully saturated rings. The molecule has 0 spiro atoms. The summed E-state index contributed by atoms with van der Waals surface area (Å²) in [6.45, 7) is 22.9. The third-order valence-corrected chi connectivity index (χ3v) is 24.0. The van der Waals surface area contributed by atoms with Crippen LogP contribution in [0, 0.1) is 0 Å². The molecule has 0 aromatic carbocycles. The second kappa shape index (κ2) is 34.8. The quantitative estimate of drug-likeness (QED) is 0.0732. The minimum atomic E-state index is -4.71. The monoisotopic (exact) mass is 876 g/mol. The molecule has 0 aromatic rings. The van der Waals surface area contributed by atoms with Crippen LogP contribution in [0.1, 0.15) is 65.8 Å². The average molecular weight is 877 g/mol. The molecule has 0 saturated carbocycles. The summed E-state index contributed by atoms with van der Waals surface area (Å²) in [6, 6.07) is 0.456. The fraction of sp³-hybridized carbons (Fsp3) is 0.806. The van der Waals surface area contributed by atoms with Gasteiger partial charge in [-0.3, -0.25) is 0 Å². The first-order valence-corrected chi connectivity index (χ1v) is 26.7. The zero-order valence-corrected chi connectivity index (χ0v) is 31.4. The third-order valence-electron chi connectivity index (χ3n) is 5.18. The van der Waals surface area contributed by atoms with Gasteiger partial charge in [0.15, 0.2) is 36.3 Å². The van der Waals surface area contributed by atoms with E-state index in [0.717, 1.165) is 0 Å². The Balaban J connectivity index is -0.000000106. The maximum absolute atomic E-state index is 12.9. The number of hydrogen-bond acceptors (Lipinski definition) is 6. The third kappa shape index (κ3) is 40.5. The molecule has 328 valence electrons. The van der Waals surface area contributed by atoms with Gasteiger partial charge in [-0.2, -0.15) is 26.3 Å². The van der Waals surface area contributed by atoms with Crippen LogP contribution >= 0.6 is 0 Å². The normalized spacial score (nSPS) is 13.7. The Morgan fingerprint density at radius 2 is 1.00 bits per heavy atom. The van der Waals surface area contributed by atoms with Gasteiger partial charge in [0.2, 0.25) is 0 Å². The second-order valence-electron chi connectivity index (χ2n) is 11.0. The zero-order chi connectivity index (χ0) is 35.7. The molecule has 3 unspecified atom stereocenters. The highest BCUT2D eigenvalue weighted by atomic mass is 28.5. The topological polar surface area (TPSA) is 55.4 Å². The van der Waals surface area contributed by atoms with Crippen molar-refractivity contribution in [2.45, 2.75) is 143 Å². The predicted molar refractivity (Wildman–Crippen MR) is 216 cm³/mol. The lowest BCUT2D eigenvalue weighted by molar-refractivity contribution is -0.242. The molecular weight excluding hydrogens is 799 g/mol. The van der Waals surface area contributed by atoms with Crippen molar-refractivity contribution in [2.75, 3.05) is 26.7 Å². The van der Waals surface area contributed by atoms with Crippen molar-refractivity contribution in [2.24, 2.45) is 0 Å². The highest BCUT2D eigenvalue weighted by Gasteiger charge is 2.48. The Hall–Kier alpha value is -0.636. The van der Waals surface area contributed by atoms with E-state index in [1.807, 2.05) is 58.1 Å². The highest BCUT2D eigenvalue weighted by Crippen LogP contribution is 2.30. The number of ether oxygens (including phenoxy) is 2. The largest absolute Gasteiger partial charge is 0.433 e. The van der Waals surface area contributed by atoms with Crippen LogP contribution in [0.5, 0.6) is 0 Å². The molecule has 52 heavy (non-hydrogen) atoms. The second-order valence-corrected chi connectivity index (χ2v) is 29.5. The standard InChI is InChI=1S/C21H44F4O6Si5.C2H2F4.8CH4.F2/c1-12-32(4,5)28-35(10,14-3)30-34(8,9)31-36(11,29-33(6,7)13-2)17-15-16-26-18-20(27-19-22)21(23,24)25;3-1-2(4,5)6;;;;;;;;;1-2/h12-14,20H,1-3,15-19H2,4-11H3;1H2;8*1H4;. The predicted octanol–water partition coefficient (Wildman–Crippen LogP) is 14.2. The minimum absolute atomic E-state index is 0. The number of rotatable bonds is 19. The van der Waals surface area contributed by atoms with Crippen LogP contribution in [0.3, 0.4) is 0 Å². The molecule has 0 saturated heterocycles. The lowest BCUT2D eigenvalue weighted by Crippen LogP contribution is -2.59. The van der Waals surface area contributed by atoms with Crippen LogP contribution in [0.4, 0.5) is 44.3 Å². The fourth-order valence-electron chi connectivity index (χ4n) is 3.42. The molecule has 3 atom stereocenters. The molecule has 21 heteroatoms. The van der Waals surface area contributed by atoms with Gasteiger partial charge in [0.1, 0.15) is 0 Å². The zero-order valence-electron chi connectivity index (χ0n) is 26.4. The fourth-order valence-corrected chi connectivity index (χ4v) is 24.7. The van der Waals surface area contributed by atoms with Crippen LogP contribution < -0.4 is 0 Å². The number of alkyl halides is 8. The van der Waals surface area contributed by atoms with Gasteiger partial charge < -0.3 is 25.9 Å².